The lowest BCUT2D eigenvalue weighted by atomic mass is 10.1. The summed E-state index contributed by atoms with van der Waals surface area (Å²) in [6, 6.07) is 5.02. The zero-order valence-corrected chi connectivity index (χ0v) is 12.9. The summed E-state index contributed by atoms with van der Waals surface area (Å²) in [5, 5.41) is 9.32. The van der Waals surface area contributed by atoms with E-state index >= 15 is 0 Å². The van der Waals surface area contributed by atoms with Crippen molar-refractivity contribution in [1.82, 2.24) is 10.6 Å². The number of nitrogens with one attached hydrogen (secondary N) is 3. The highest BCUT2D eigenvalue weighted by molar-refractivity contribution is 6.35. The van der Waals surface area contributed by atoms with Crippen LogP contribution in [0.4, 0.5) is 5.69 Å². The number of halogens is 2. The first-order chi connectivity index (χ1) is 10.0. The Morgan fingerprint density at radius 3 is 2.81 bits per heavy atom. The number of hydrogen-bond donors (Lipinski definition) is 3. The predicted molar refractivity (Wildman–Crippen MR) is 83.7 cm³/mol. The van der Waals surface area contributed by atoms with Crippen molar-refractivity contribution in [3.8, 4) is 0 Å². The molecule has 2 rings (SSSR count). The van der Waals surface area contributed by atoms with Crippen LogP contribution in [-0.2, 0) is 9.59 Å². The van der Waals surface area contributed by atoms with E-state index in [0.29, 0.717) is 22.2 Å². The summed E-state index contributed by atoms with van der Waals surface area (Å²) >= 11 is 11.8. The number of rotatable bonds is 5. The molecule has 0 saturated carbocycles. The minimum atomic E-state index is -0.341. The second-order valence-electron chi connectivity index (χ2n) is 4.95. The molecular weight excluding hydrogens is 313 g/mol. The molecule has 1 unspecified atom stereocenters. The lowest BCUT2D eigenvalue weighted by molar-refractivity contribution is -0.124. The van der Waals surface area contributed by atoms with Gasteiger partial charge >= 0.3 is 0 Å². The molecule has 21 heavy (non-hydrogen) atoms. The fourth-order valence-electron chi connectivity index (χ4n) is 2.19. The second-order valence-corrected chi connectivity index (χ2v) is 5.79. The average Bonchev–Trinajstić information content (AvgIpc) is 2.93. The Labute approximate surface area is 133 Å². The van der Waals surface area contributed by atoms with E-state index in [-0.39, 0.29) is 24.4 Å². The van der Waals surface area contributed by atoms with Crippen LogP contribution in [-0.4, -0.2) is 30.9 Å². The standard InChI is InChI=1S/C14H17Cl2N3O2/c15-9-3-4-11(16)12(6-9)19-14(21)8-18-13(20)7-10-2-1-5-17-10/h3-4,6,10,17H,1-2,5,7-8H2,(H,18,20)(H,19,21). The van der Waals surface area contributed by atoms with E-state index in [9.17, 15) is 9.59 Å². The highest BCUT2D eigenvalue weighted by Gasteiger charge is 2.18. The minimum Gasteiger partial charge on any atom is -0.347 e. The van der Waals surface area contributed by atoms with Gasteiger partial charge in [0.1, 0.15) is 0 Å². The van der Waals surface area contributed by atoms with Crippen LogP contribution in [0.3, 0.4) is 0 Å². The Morgan fingerprint density at radius 1 is 1.29 bits per heavy atom. The summed E-state index contributed by atoms with van der Waals surface area (Å²) in [6.45, 7) is 0.861. The Hall–Kier alpha value is -1.30. The first-order valence-electron chi connectivity index (χ1n) is 6.79. The van der Waals surface area contributed by atoms with Gasteiger partial charge in [-0.3, -0.25) is 9.59 Å². The third kappa shape index (κ3) is 5.19. The molecule has 114 valence electrons. The summed E-state index contributed by atoms with van der Waals surface area (Å²) in [4.78, 5) is 23.5. The Balaban J connectivity index is 1.76. The fourth-order valence-corrected chi connectivity index (χ4v) is 2.53. The Morgan fingerprint density at radius 2 is 2.10 bits per heavy atom. The van der Waals surface area contributed by atoms with Crippen molar-refractivity contribution in [3.05, 3.63) is 28.2 Å². The first-order valence-corrected chi connectivity index (χ1v) is 7.55. The SMILES string of the molecule is O=C(CC1CCCN1)NCC(=O)Nc1cc(Cl)ccc1Cl. The summed E-state index contributed by atoms with van der Waals surface area (Å²) in [5.74, 6) is -0.478. The first kappa shape index (κ1) is 16.1. The summed E-state index contributed by atoms with van der Waals surface area (Å²) in [5.41, 5.74) is 0.431. The summed E-state index contributed by atoms with van der Waals surface area (Å²) in [6.07, 6.45) is 2.48. The molecule has 3 N–H and O–H groups in total. The van der Waals surface area contributed by atoms with Gasteiger partial charge in [0.25, 0.3) is 0 Å². The topological polar surface area (TPSA) is 70.2 Å². The van der Waals surface area contributed by atoms with Crippen molar-refractivity contribution in [3.63, 3.8) is 0 Å². The molecule has 2 amide bonds. The molecule has 1 aromatic carbocycles. The molecule has 1 saturated heterocycles. The molecule has 0 aliphatic carbocycles. The molecule has 1 aromatic rings. The third-order valence-electron chi connectivity index (χ3n) is 3.24. The number of hydrogen-bond acceptors (Lipinski definition) is 3. The molecule has 1 aliphatic rings. The molecule has 0 aromatic heterocycles. The summed E-state index contributed by atoms with van der Waals surface area (Å²) in [7, 11) is 0. The maximum atomic E-state index is 11.8. The van der Waals surface area contributed by atoms with Crippen LogP contribution in [0.25, 0.3) is 0 Å². The average molecular weight is 330 g/mol. The van der Waals surface area contributed by atoms with Gasteiger partial charge in [0.05, 0.1) is 17.3 Å². The normalized spacial score (nSPS) is 17.5. The number of carbonyl (C=O) groups excluding carboxylic acids is 2. The van der Waals surface area contributed by atoms with Crippen LogP contribution < -0.4 is 16.0 Å². The Kier molecular flexibility index (Phi) is 5.85. The van der Waals surface area contributed by atoms with E-state index in [1.165, 1.54) is 0 Å². The van der Waals surface area contributed by atoms with Gasteiger partial charge in [-0.2, -0.15) is 0 Å². The van der Waals surface area contributed by atoms with Gasteiger partial charge in [0, 0.05) is 17.5 Å². The zero-order chi connectivity index (χ0) is 15.2. The van der Waals surface area contributed by atoms with Crippen LogP contribution in [0, 0.1) is 0 Å². The Bertz CT molecular complexity index is 531. The molecule has 0 spiro atoms. The van der Waals surface area contributed by atoms with Crippen molar-refractivity contribution in [2.24, 2.45) is 0 Å². The van der Waals surface area contributed by atoms with E-state index in [4.69, 9.17) is 23.2 Å². The van der Waals surface area contributed by atoms with Crippen molar-refractivity contribution in [1.29, 1.82) is 0 Å². The van der Waals surface area contributed by atoms with Gasteiger partial charge < -0.3 is 16.0 Å². The van der Waals surface area contributed by atoms with Gasteiger partial charge in [-0.15, -0.1) is 0 Å². The maximum Gasteiger partial charge on any atom is 0.243 e. The molecule has 1 atom stereocenters. The molecule has 1 heterocycles. The molecule has 5 nitrogen and oxygen atoms in total. The molecule has 0 radical (unpaired) electrons. The van der Waals surface area contributed by atoms with E-state index in [2.05, 4.69) is 16.0 Å². The monoisotopic (exact) mass is 329 g/mol. The lowest BCUT2D eigenvalue weighted by Gasteiger charge is -2.11. The van der Waals surface area contributed by atoms with Gasteiger partial charge in [0.2, 0.25) is 11.8 Å². The van der Waals surface area contributed by atoms with Crippen molar-refractivity contribution < 1.29 is 9.59 Å². The molecular formula is C14H17Cl2N3O2. The van der Waals surface area contributed by atoms with Gasteiger partial charge in [-0.25, -0.2) is 0 Å². The van der Waals surface area contributed by atoms with E-state index in [1.807, 2.05) is 0 Å². The highest BCUT2D eigenvalue weighted by atomic mass is 35.5. The van der Waals surface area contributed by atoms with Gasteiger partial charge in [-0.1, -0.05) is 23.2 Å². The third-order valence-corrected chi connectivity index (χ3v) is 3.81. The number of benzene rings is 1. The van der Waals surface area contributed by atoms with Crippen LogP contribution in [0.2, 0.25) is 10.0 Å². The second kappa shape index (κ2) is 7.64. The van der Waals surface area contributed by atoms with Gasteiger partial charge in [0.15, 0.2) is 0 Å². The quantitative estimate of drug-likeness (QED) is 0.775. The highest BCUT2D eigenvalue weighted by Crippen LogP contribution is 2.25. The van der Waals surface area contributed by atoms with E-state index < -0.39 is 0 Å². The summed E-state index contributed by atoms with van der Waals surface area (Å²) < 4.78 is 0. The minimum absolute atomic E-state index is 0.0889. The van der Waals surface area contributed by atoms with Crippen molar-refractivity contribution >= 4 is 40.7 Å². The van der Waals surface area contributed by atoms with Gasteiger partial charge in [-0.05, 0) is 37.6 Å². The fraction of sp³-hybridized carbons (Fsp3) is 0.429. The largest absolute Gasteiger partial charge is 0.347 e. The van der Waals surface area contributed by atoms with E-state index in [0.717, 1.165) is 19.4 Å². The molecule has 1 aliphatic heterocycles. The lowest BCUT2D eigenvalue weighted by Crippen LogP contribution is -2.36. The maximum absolute atomic E-state index is 11.8. The smallest absolute Gasteiger partial charge is 0.243 e. The van der Waals surface area contributed by atoms with Crippen LogP contribution >= 0.6 is 23.2 Å². The number of carbonyl (C=O) groups is 2. The van der Waals surface area contributed by atoms with Crippen LogP contribution in [0.5, 0.6) is 0 Å². The molecule has 0 bridgehead atoms. The van der Waals surface area contributed by atoms with Crippen LogP contribution in [0.1, 0.15) is 19.3 Å². The molecule has 7 heteroatoms. The number of anilines is 1. The van der Waals surface area contributed by atoms with Crippen molar-refractivity contribution in [2.45, 2.75) is 25.3 Å². The predicted octanol–water partition coefficient (Wildman–Crippen LogP) is 2.19. The van der Waals surface area contributed by atoms with E-state index in [1.54, 1.807) is 18.2 Å². The van der Waals surface area contributed by atoms with Crippen molar-refractivity contribution in [2.75, 3.05) is 18.4 Å². The molecule has 1 fully saturated rings. The van der Waals surface area contributed by atoms with Crippen LogP contribution in [0.15, 0.2) is 18.2 Å². The number of amides is 2. The zero-order valence-electron chi connectivity index (χ0n) is 11.4.